The molecule has 0 aromatic heterocycles. The number of allylic oxidation sites excluding steroid dienone is 2. The van der Waals surface area contributed by atoms with Gasteiger partial charge >= 0.3 is 0 Å². The number of benzene rings is 2. The van der Waals surface area contributed by atoms with Gasteiger partial charge in [0.1, 0.15) is 0 Å². The van der Waals surface area contributed by atoms with Gasteiger partial charge in [-0.1, -0.05) is 59.7 Å². The van der Waals surface area contributed by atoms with Crippen LogP contribution < -0.4 is 11.1 Å². The fraction of sp³-hybridized carbons (Fsp3) is 0.261. The molecule has 2 aromatic rings. The predicted octanol–water partition coefficient (Wildman–Crippen LogP) is 5.23. The first-order valence-electron chi connectivity index (χ1n) is 8.92. The Morgan fingerprint density at radius 3 is 2.27 bits per heavy atom. The molecule has 0 heterocycles. The highest BCUT2D eigenvalue weighted by Gasteiger charge is 2.44. The number of nitrogen functional groups attached to an aromatic ring is 1. The summed E-state index contributed by atoms with van der Waals surface area (Å²) in [5, 5.41) is 3.58. The van der Waals surface area contributed by atoms with E-state index in [1.807, 2.05) is 54.6 Å². The third kappa shape index (κ3) is 3.05. The van der Waals surface area contributed by atoms with Crippen molar-refractivity contribution in [1.29, 1.82) is 0 Å². The van der Waals surface area contributed by atoms with Gasteiger partial charge in [0.05, 0.1) is 22.8 Å². The zero-order valence-corrected chi connectivity index (χ0v) is 15.8. The largest absolute Gasteiger partial charge is 0.397 e. The quantitative estimate of drug-likeness (QED) is 0.588. The number of nitrogens with one attached hydrogen (secondary N) is 1. The summed E-state index contributed by atoms with van der Waals surface area (Å²) in [4.78, 5) is 13.5. The number of ketones is 1. The average molecular weight is 346 g/mol. The van der Waals surface area contributed by atoms with Crippen LogP contribution in [0.1, 0.15) is 38.1 Å². The minimum absolute atomic E-state index is 0.124. The summed E-state index contributed by atoms with van der Waals surface area (Å²) in [5.74, 6) is -0.172. The fourth-order valence-corrected chi connectivity index (χ4v) is 3.77. The van der Waals surface area contributed by atoms with E-state index in [2.05, 4.69) is 39.1 Å². The second kappa shape index (κ2) is 6.83. The molecule has 3 N–H and O–H groups in total. The van der Waals surface area contributed by atoms with Crippen molar-refractivity contribution in [2.24, 2.45) is 5.92 Å². The molecular formula is C23H26N2O. The molecule has 0 saturated heterocycles. The molecule has 3 heteroatoms. The van der Waals surface area contributed by atoms with Crippen molar-refractivity contribution in [2.75, 3.05) is 11.1 Å². The molecule has 0 bridgehead atoms. The summed E-state index contributed by atoms with van der Waals surface area (Å²) < 4.78 is 0. The van der Waals surface area contributed by atoms with Crippen molar-refractivity contribution >= 4 is 17.2 Å². The summed E-state index contributed by atoms with van der Waals surface area (Å²) in [6.45, 7) is 8.29. The number of carbonyl (C=O) groups is 1. The van der Waals surface area contributed by atoms with Gasteiger partial charge in [-0.3, -0.25) is 4.79 Å². The molecule has 26 heavy (non-hydrogen) atoms. The highest BCUT2D eigenvalue weighted by atomic mass is 16.1. The Kier molecular flexibility index (Phi) is 4.73. The van der Waals surface area contributed by atoms with Gasteiger partial charge in [-0.25, -0.2) is 0 Å². The number of hydrogen-bond donors (Lipinski definition) is 2. The zero-order chi connectivity index (χ0) is 18.9. The summed E-state index contributed by atoms with van der Waals surface area (Å²) >= 11 is 0. The highest BCUT2D eigenvalue weighted by Crippen LogP contribution is 2.42. The monoisotopic (exact) mass is 346 g/mol. The third-order valence-corrected chi connectivity index (χ3v) is 5.56. The molecule has 2 atom stereocenters. The smallest absolute Gasteiger partial charge is 0.172 e. The summed E-state index contributed by atoms with van der Waals surface area (Å²) in [6.07, 6.45) is 2.16. The van der Waals surface area contributed by atoms with Crippen LogP contribution in [0.3, 0.4) is 0 Å². The van der Waals surface area contributed by atoms with Crippen molar-refractivity contribution in [1.82, 2.24) is 0 Å². The van der Waals surface area contributed by atoms with E-state index in [-0.39, 0.29) is 11.7 Å². The van der Waals surface area contributed by atoms with Crippen LogP contribution in [0.5, 0.6) is 0 Å². The van der Waals surface area contributed by atoms with E-state index in [0.717, 1.165) is 28.0 Å². The molecule has 3 rings (SSSR count). The Balaban J connectivity index is 2.09. The maximum absolute atomic E-state index is 13.5. The highest BCUT2D eigenvalue weighted by molar-refractivity contribution is 6.01. The lowest BCUT2D eigenvalue weighted by molar-refractivity contribution is 0.0908. The van der Waals surface area contributed by atoms with E-state index in [4.69, 9.17) is 5.73 Å². The Morgan fingerprint density at radius 1 is 1.00 bits per heavy atom. The Morgan fingerprint density at radius 2 is 1.62 bits per heavy atom. The normalized spacial score (nSPS) is 22.8. The van der Waals surface area contributed by atoms with E-state index in [1.165, 1.54) is 0 Å². The summed E-state index contributed by atoms with van der Waals surface area (Å²) in [5.41, 5.74) is 11.2. The zero-order valence-electron chi connectivity index (χ0n) is 15.8. The van der Waals surface area contributed by atoms with Crippen LogP contribution >= 0.6 is 0 Å². The van der Waals surface area contributed by atoms with E-state index in [0.29, 0.717) is 5.69 Å². The second-order valence-electron chi connectivity index (χ2n) is 7.27. The topological polar surface area (TPSA) is 55.1 Å². The lowest BCUT2D eigenvalue weighted by atomic mass is 9.68. The fourth-order valence-electron chi connectivity index (χ4n) is 3.77. The van der Waals surface area contributed by atoms with Gasteiger partial charge < -0.3 is 11.1 Å². The van der Waals surface area contributed by atoms with Crippen LogP contribution in [-0.4, -0.2) is 11.3 Å². The number of Topliss-reactive ketones (excluding diaryl/α,β-unsaturated/α-hetero) is 1. The molecule has 0 amide bonds. The van der Waals surface area contributed by atoms with Gasteiger partial charge in [0.15, 0.2) is 5.78 Å². The van der Waals surface area contributed by atoms with E-state index >= 15 is 0 Å². The SMILES string of the molecule is CC1=CC(C)=C(C)C(C(=O)c2ccccc2)C1(C)Nc1ccccc1N. The van der Waals surface area contributed by atoms with Crippen molar-refractivity contribution in [3.63, 3.8) is 0 Å². The number of hydrogen-bond acceptors (Lipinski definition) is 3. The number of anilines is 2. The second-order valence-corrected chi connectivity index (χ2v) is 7.27. The molecule has 1 aliphatic carbocycles. The lowest BCUT2D eigenvalue weighted by Crippen LogP contribution is -2.50. The van der Waals surface area contributed by atoms with Crippen LogP contribution in [0.25, 0.3) is 0 Å². The molecule has 2 aromatic carbocycles. The van der Waals surface area contributed by atoms with Crippen molar-refractivity contribution < 1.29 is 4.79 Å². The molecule has 2 unspecified atom stereocenters. The molecule has 0 aliphatic heterocycles. The number of nitrogens with two attached hydrogens (primary N) is 1. The van der Waals surface area contributed by atoms with Crippen molar-refractivity contribution in [2.45, 2.75) is 33.2 Å². The first kappa shape index (κ1) is 18.0. The standard InChI is InChI=1S/C23H26N2O/c1-15-14-16(2)23(4,25-20-13-9-8-12-19(20)24)21(17(15)3)22(26)18-10-6-5-7-11-18/h5-14,21,25H,24H2,1-4H3. The molecule has 1 aliphatic rings. The average Bonchev–Trinajstić information content (AvgIpc) is 2.63. The maximum Gasteiger partial charge on any atom is 0.172 e. The van der Waals surface area contributed by atoms with Crippen molar-refractivity contribution in [3.8, 4) is 0 Å². The van der Waals surface area contributed by atoms with E-state index < -0.39 is 5.54 Å². The van der Waals surface area contributed by atoms with Gasteiger partial charge in [-0.2, -0.15) is 0 Å². The molecule has 0 saturated carbocycles. The van der Waals surface area contributed by atoms with Gasteiger partial charge in [0.2, 0.25) is 0 Å². The van der Waals surface area contributed by atoms with E-state index in [1.54, 1.807) is 0 Å². The molecule has 0 fully saturated rings. The van der Waals surface area contributed by atoms with Gasteiger partial charge in [0.25, 0.3) is 0 Å². The molecule has 134 valence electrons. The van der Waals surface area contributed by atoms with Crippen LogP contribution in [0.15, 0.2) is 77.4 Å². The number of carbonyl (C=O) groups excluding carboxylic acids is 1. The maximum atomic E-state index is 13.5. The van der Waals surface area contributed by atoms with Crippen LogP contribution in [0, 0.1) is 5.92 Å². The van der Waals surface area contributed by atoms with E-state index in [9.17, 15) is 4.79 Å². The first-order valence-corrected chi connectivity index (χ1v) is 8.92. The van der Waals surface area contributed by atoms with Crippen LogP contribution in [-0.2, 0) is 0 Å². The molecule has 0 radical (unpaired) electrons. The van der Waals surface area contributed by atoms with Crippen LogP contribution in [0.2, 0.25) is 0 Å². The van der Waals surface area contributed by atoms with Crippen molar-refractivity contribution in [3.05, 3.63) is 83.0 Å². The minimum Gasteiger partial charge on any atom is -0.397 e. The Bertz CT molecular complexity index is 895. The third-order valence-electron chi connectivity index (χ3n) is 5.56. The minimum atomic E-state index is -0.550. The summed E-state index contributed by atoms with van der Waals surface area (Å²) in [6, 6.07) is 17.2. The summed E-state index contributed by atoms with van der Waals surface area (Å²) in [7, 11) is 0. The first-order chi connectivity index (χ1) is 12.3. The van der Waals surface area contributed by atoms with Gasteiger partial charge in [-0.05, 0) is 45.4 Å². The number of para-hydroxylation sites is 2. The molecular weight excluding hydrogens is 320 g/mol. The Hall–Kier alpha value is -2.81. The lowest BCUT2D eigenvalue weighted by Gasteiger charge is -2.43. The van der Waals surface area contributed by atoms with Crippen LogP contribution in [0.4, 0.5) is 11.4 Å². The molecule has 3 nitrogen and oxygen atoms in total. The van der Waals surface area contributed by atoms with Gasteiger partial charge in [-0.15, -0.1) is 0 Å². The van der Waals surface area contributed by atoms with Gasteiger partial charge in [0, 0.05) is 5.56 Å². The Labute approximate surface area is 155 Å². The molecule has 0 spiro atoms. The predicted molar refractivity (Wildman–Crippen MR) is 109 cm³/mol. The number of rotatable bonds is 4.